The van der Waals surface area contributed by atoms with Crippen molar-refractivity contribution in [2.24, 2.45) is 0 Å². The lowest BCUT2D eigenvalue weighted by molar-refractivity contribution is 0.301. The highest BCUT2D eigenvalue weighted by molar-refractivity contribution is 5.54. The molecule has 0 amide bonds. The first-order valence-corrected chi connectivity index (χ1v) is 5.39. The molecule has 5 nitrogen and oxygen atoms in total. The van der Waals surface area contributed by atoms with Crippen LogP contribution in [-0.4, -0.2) is 36.9 Å². The summed E-state index contributed by atoms with van der Waals surface area (Å²) in [5.74, 6) is 1.21. The predicted octanol–water partition coefficient (Wildman–Crippen LogP) is 0.881. The van der Waals surface area contributed by atoms with E-state index in [4.69, 9.17) is 15.6 Å². The molecule has 0 bridgehead atoms. The van der Waals surface area contributed by atoms with E-state index in [1.807, 2.05) is 11.0 Å². The topological polar surface area (TPSA) is 71.6 Å². The zero-order valence-corrected chi connectivity index (χ0v) is 9.81. The lowest BCUT2D eigenvalue weighted by Crippen LogP contribution is -2.28. The Bertz CT molecular complexity index is 325. The largest absolute Gasteiger partial charge is 0.479 e. The standard InChI is InChI=1S/C11H19N3O2/c1-3-6-14(7-8-15)10-5-4-9(12)11(13-10)16-2/h4-5,15H,3,6-8,12H2,1-2H3. The Morgan fingerprint density at radius 1 is 1.44 bits per heavy atom. The Balaban J connectivity index is 2.90. The first kappa shape index (κ1) is 12.6. The van der Waals surface area contributed by atoms with Gasteiger partial charge >= 0.3 is 0 Å². The molecule has 3 N–H and O–H groups in total. The van der Waals surface area contributed by atoms with Gasteiger partial charge in [-0.2, -0.15) is 4.98 Å². The summed E-state index contributed by atoms with van der Waals surface area (Å²) in [6.45, 7) is 3.60. The summed E-state index contributed by atoms with van der Waals surface area (Å²) in [5, 5.41) is 8.98. The number of ether oxygens (including phenoxy) is 1. The molecular formula is C11H19N3O2. The molecule has 16 heavy (non-hydrogen) atoms. The number of aliphatic hydroxyl groups is 1. The van der Waals surface area contributed by atoms with E-state index in [0.717, 1.165) is 18.8 Å². The van der Waals surface area contributed by atoms with E-state index in [-0.39, 0.29) is 6.61 Å². The highest BCUT2D eigenvalue weighted by Gasteiger charge is 2.09. The Morgan fingerprint density at radius 3 is 2.75 bits per heavy atom. The number of methoxy groups -OCH3 is 1. The SMILES string of the molecule is CCCN(CCO)c1ccc(N)c(OC)n1. The monoisotopic (exact) mass is 225 g/mol. The summed E-state index contributed by atoms with van der Waals surface area (Å²) in [7, 11) is 1.54. The molecule has 1 aromatic heterocycles. The molecule has 1 rings (SSSR count). The normalized spacial score (nSPS) is 10.2. The molecule has 0 aliphatic carbocycles. The first-order valence-electron chi connectivity index (χ1n) is 5.39. The molecule has 0 spiro atoms. The van der Waals surface area contributed by atoms with E-state index < -0.39 is 0 Å². The zero-order chi connectivity index (χ0) is 12.0. The van der Waals surface area contributed by atoms with E-state index in [1.165, 1.54) is 0 Å². The minimum Gasteiger partial charge on any atom is -0.479 e. The number of hydrogen-bond donors (Lipinski definition) is 2. The molecule has 0 aliphatic heterocycles. The molecular weight excluding hydrogens is 206 g/mol. The maximum atomic E-state index is 8.98. The highest BCUT2D eigenvalue weighted by Crippen LogP contribution is 2.22. The van der Waals surface area contributed by atoms with E-state index >= 15 is 0 Å². The number of aliphatic hydroxyl groups excluding tert-OH is 1. The van der Waals surface area contributed by atoms with E-state index in [9.17, 15) is 0 Å². The van der Waals surface area contributed by atoms with Crippen LogP contribution in [0.5, 0.6) is 5.88 Å². The van der Waals surface area contributed by atoms with Crippen LogP contribution < -0.4 is 15.4 Å². The third kappa shape index (κ3) is 3.00. The number of nitrogen functional groups attached to an aromatic ring is 1. The summed E-state index contributed by atoms with van der Waals surface area (Å²) in [6, 6.07) is 3.60. The lowest BCUT2D eigenvalue weighted by Gasteiger charge is -2.22. The lowest BCUT2D eigenvalue weighted by atomic mass is 10.3. The average Bonchev–Trinajstić information content (AvgIpc) is 2.29. The Hall–Kier alpha value is -1.49. The molecule has 1 heterocycles. The van der Waals surface area contributed by atoms with Crippen molar-refractivity contribution >= 4 is 11.5 Å². The second-order valence-electron chi connectivity index (χ2n) is 3.48. The smallest absolute Gasteiger partial charge is 0.238 e. The van der Waals surface area contributed by atoms with Crippen LogP contribution in [0.4, 0.5) is 11.5 Å². The minimum atomic E-state index is 0.106. The number of rotatable bonds is 6. The van der Waals surface area contributed by atoms with Crippen molar-refractivity contribution < 1.29 is 9.84 Å². The van der Waals surface area contributed by atoms with E-state index in [1.54, 1.807) is 13.2 Å². The number of pyridine rings is 1. The van der Waals surface area contributed by atoms with Crippen LogP contribution in [0.15, 0.2) is 12.1 Å². The van der Waals surface area contributed by atoms with Crippen molar-refractivity contribution in [3.8, 4) is 5.88 Å². The molecule has 0 aliphatic rings. The van der Waals surface area contributed by atoms with Crippen LogP contribution in [0.25, 0.3) is 0 Å². The fourth-order valence-corrected chi connectivity index (χ4v) is 1.51. The highest BCUT2D eigenvalue weighted by atomic mass is 16.5. The maximum Gasteiger partial charge on any atom is 0.238 e. The van der Waals surface area contributed by atoms with Crippen LogP contribution in [0.1, 0.15) is 13.3 Å². The van der Waals surface area contributed by atoms with Gasteiger partial charge < -0.3 is 20.5 Å². The minimum absolute atomic E-state index is 0.106. The van der Waals surface area contributed by atoms with Gasteiger partial charge in [0.15, 0.2) is 0 Å². The van der Waals surface area contributed by atoms with Gasteiger partial charge in [0.05, 0.1) is 19.4 Å². The van der Waals surface area contributed by atoms with Gasteiger partial charge in [-0.3, -0.25) is 0 Å². The zero-order valence-electron chi connectivity index (χ0n) is 9.81. The van der Waals surface area contributed by atoms with Crippen molar-refractivity contribution in [3.05, 3.63) is 12.1 Å². The summed E-state index contributed by atoms with van der Waals surface area (Å²) in [5.41, 5.74) is 6.21. The van der Waals surface area contributed by atoms with Gasteiger partial charge in [0.2, 0.25) is 5.88 Å². The maximum absolute atomic E-state index is 8.98. The van der Waals surface area contributed by atoms with Gasteiger partial charge in [-0.25, -0.2) is 0 Å². The van der Waals surface area contributed by atoms with Crippen LogP contribution in [0.2, 0.25) is 0 Å². The number of nitrogens with two attached hydrogens (primary N) is 1. The van der Waals surface area contributed by atoms with Crippen LogP contribution in [0.3, 0.4) is 0 Å². The summed E-state index contributed by atoms with van der Waals surface area (Å²) >= 11 is 0. The fourth-order valence-electron chi connectivity index (χ4n) is 1.51. The molecule has 0 unspecified atom stereocenters. The van der Waals surface area contributed by atoms with Gasteiger partial charge in [0, 0.05) is 13.1 Å². The van der Waals surface area contributed by atoms with E-state index in [2.05, 4.69) is 11.9 Å². The van der Waals surface area contributed by atoms with Crippen LogP contribution >= 0.6 is 0 Å². The molecule has 0 radical (unpaired) electrons. The quantitative estimate of drug-likeness (QED) is 0.752. The molecule has 90 valence electrons. The molecule has 0 saturated carbocycles. The van der Waals surface area contributed by atoms with Crippen molar-refractivity contribution in [2.45, 2.75) is 13.3 Å². The number of hydrogen-bond acceptors (Lipinski definition) is 5. The van der Waals surface area contributed by atoms with Crippen LogP contribution in [-0.2, 0) is 0 Å². The van der Waals surface area contributed by atoms with Crippen molar-refractivity contribution in [1.82, 2.24) is 4.98 Å². The fraction of sp³-hybridized carbons (Fsp3) is 0.545. The van der Waals surface area contributed by atoms with Gasteiger partial charge in [0.25, 0.3) is 0 Å². The third-order valence-corrected chi connectivity index (χ3v) is 2.26. The summed E-state index contributed by atoms with van der Waals surface area (Å²) in [4.78, 5) is 6.30. The Labute approximate surface area is 95.8 Å². The average molecular weight is 225 g/mol. The first-order chi connectivity index (χ1) is 7.72. The van der Waals surface area contributed by atoms with E-state index in [0.29, 0.717) is 18.1 Å². The van der Waals surface area contributed by atoms with Gasteiger partial charge in [-0.05, 0) is 18.6 Å². The Morgan fingerprint density at radius 2 is 2.19 bits per heavy atom. The molecule has 5 heteroatoms. The second kappa shape index (κ2) is 6.17. The molecule has 1 aromatic rings. The third-order valence-electron chi connectivity index (χ3n) is 2.26. The molecule has 0 atom stereocenters. The second-order valence-corrected chi connectivity index (χ2v) is 3.48. The number of anilines is 2. The summed E-state index contributed by atoms with van der Waals surface area (Å²) in [6.07, 6.45) is 0.994. The van der Waals surface area contributed by atoms with Crippen molar-refractivity contribution in [3.63, 3.8) is 0 Å². The molecule has 0 aromatic carbocycles. The predicted molar refractivity (Wildman–Crippen MR) is 64.8 cm³/mol. The molecule has 0 fully saturated rings. The van der Waals surface area contributed by atoms with Crippen molar-refractivity contribution in [2.75, 3.05) is 37.4 Å². The van der Waals surface area contributed by atoms with Crippen LogP contribution in [0, 0.1) is 0 Å². The van der Waals surface area contributed by atoms with Gasteiger partial charge in [0.1, 0.15) is 5.82 Å². The van der Waals surface area contributed by atoms with Gasteiger partial charge in [-0.1, -0.05) is 6.92 Å². The number of aromatic nitrogens is 1. The number of nitrogens with zero attached hydrogens (tertiary/aromatic N) is 2. The van der Waals surface area contributed by atoms with Crippen molar-refractivity contribution in [1.29, 1.82) is 0 Å². The summed E-state index contributed by atoms with van der Waals surface area (Å²) < 4.78 is 5.07. The molecule has 0 saturated heterocycles. The Kier molecular flexibility index (Phi) is 4.85. The van der Waals surface area contributed by atoms with Gasteiger partial charge in [-0.15, -0.1) is 0 Å².